The molecule has 0 aliphatic heterocycles. The molecule has 0 radical (unpaired) electrons. The quantitative estimate of drug-likeness (QED) is 0.389. The Morgan fingerprint density at radius 3 is 2.66 bits per heavy atom. The zero-order valence-electron chi connectivity index (χ0n) is 16.3. The Bertz CT molecular complexity index is 893. The maximum absolute atomic E-state index is 11.9. The molecule has 1 aromatic carbocycles. The van der Waals surface area contributed by atoms with Gasteiger partial charge in [0.15, 0.2) is 6.61 Å². The number of para-hydroxylation sites is 1. The van der Waals surface area contributed by atoms with Crippen LogP contribution in [-0.4, -0.2) is 40.8 Å². The second-order valence-corrected chi connectivity index (χ2v) is 6.49. The lowest BCUT2D eigenvalue weighted by molar-refractivity contribution is -0.143. The fraction of sp³-hybridized carbons (Fsp3) is 0.300. The Morgan fingerprint density at radius 1 is 1.24 bits per heavy atom. The second-order valence-electron chi connectivity index (χ2n) is 6.14. The number of nitrogens with zero attached hydrogens (tertiary/aromatic N) is 2. The van der Waals surface area contributed by atoms with Gasteiger partial charge in [0.1, 0.15) is 5.15 Å². The molecule has 0 bridgehead atoms. The molecule has 0 atom stereocenters. The minimum Gasteiger partial charge on any atom is -0.452 e. The molecule has 154 valence electrons. The number of hydrogen-bond donors (Lipinski definition) is 2. The van der Waals surface area contributed by atoms with Gasteiger partial charge in [-0.3, -0.25) is 10.1 Å². The van der Waals surface area contributed by atoms with Gasteiger partial charge in [0, 0.05) is 18.2 Å². The molecule has 2 N–H and O–H groups in total. The maximum Gasteiger partial charge on any atom is 0.331 e. The number of carbonyl (C=O) groups excluding carboxylic acids is 3. The number of ether oxygens (including phenoxy) is 1. The summed E-state index contributed by atoms with van der Waals surface area (Å²) in [6, 6.07) is 8.71. The molecule has 3 amide bonds. The number of benzene rings is 1. The van der Waals surface area contributed by atoms with Crippen LogP contribution in [0.3, 0.4) is 0 Å². The minimum atomic E-state index is -0.741. The van der Waals surface area contributed by atoms with E-state index in [0.717, 1.165) is 24.6 Å². The van der Waals surface area contributed by atoms with E-state index in [9.17, 15) is 14.4 Å². The van der Waals surface area contributed by atoms with E-state index < -0.39 is 24.5 Å². The summed E-state index contributed by atoms with van der Waals surface area (Å²) in [6.07, 6.45) is 4.36. The summed E-state index contributed by atoms with van der Waals surface area (Å²) >= 11 is 6.37. The van der Waals surface area contributed by atoms with Gasteiger partial charge >= 0.3 is 12.0 Å². The molecule has 2 rings (SSSR count). The first-order valence-corrected chi connectivity index (χ1v) is 9.53. The van der Waals surface area contributed by atoms with Crippen molar-refractivity contribution in [2.75, 3.05) is 13.2 Å². The number of aromatic nitrogens is 2. The lowest BCUT2D eigenvalue weighted by Crippen LogP contribution is -2.41. The van der Waals surface area contributed by atoms with E-state index in [1.54, 1.807) is 11.6 Å². The van der Waals surface area contributed by atoms with Crippen molar-refractivity contribution in [3.63, 3.8) is 0 Å². The van der Waals surface area contributed by atoms with Gasteiger partial charge in [-0.25, -0.2) is 14.3 Å². The summed E-state index contributed by atoms with van der Waals surface area (Å²) < 4.78 is 6.40. The molecule has 2 aromatic rings. The molecule has 0 spiro atoms. The minimum absolute atomic E-state index is 0.347. The number of urea groups is 1. The van der Waals surface area contributed by atoms with Gasteiger partial charge in [0.2, 0.25) is 0 Å². The number of hydrogen-bond acceptors (Lipinski definition) is 5. The van der Waals surface area contributed by atoms with Gasteiger partial charge in [-0.05, 0) is 31.6 Å². The van der Waals surface area contributed by atoms with E-state index in [-0.39, 0.29) is 0 Å². The topological polar surface area (TPSA) is 102 Å². The number of nitrogens with one attached hydrogen (secondary N) is 2. The fourth-order valence-electron chi connectivity index (χ4n) is 2.36. The predicted octanol–water partition coefficient (Wildman–Crippen LogP) is 3.02. The van der Waals surface area contributed by atoms with Crippen molar-refractivity contribution >= 4 is 35.6 Å². The molecular formula is C20H23ClN4O4. The average Bonchev–Trinajstić information content (AvgIpc) is 2.99. The summed E-state index contributed by atoms with van der Waals surface area (Å²) in [4.78, 5) is 34.9. The molecule has 0 fully saturated rings. The molecule has 8 nitrogen and oxygen atoms in total. The van der Waals surface area contributed by atoms with E-state index in [4.69, 9.17) is 16.3 Å². The molecule has 0 aliphatic rings. The zero-order valence-corrected chi connectivity index (χ0v) is 17.0. The number of imide groups is 1. The lowest BCUT2D eigenvalue weighted by Gasteiger charge is -2.06. The van der Waals surface area contributed by atoms with Crippen molar-refractivity contribution in [1.29, 1.82) is 0 Å². The summed E-state index contributed by atoms with van der Waals surface area (Å²) in [5.74, 6) is -1.46. The Hall–Kier alpha value is -3.13. The van der Waals surface area contributed by atoms with Gasteiger partial charge in [0.05, 0.1) is 11.4 Å². The largest absolute Gasteiger partial charge is 0.452 e. The van der Waals surface area contributed by atoms with Gasteiger partial charge < -0.3 is 10.1 Å². The molecule has 29 heavy (non-hydrogen) atoms. The van der Waals surface area contributed by atoms with Crippen LogP contribution < -0.4 is 10.6 Å². The smallest absolute Gasteiger partial charge is 0.331 e. The lowest BCUT2D eigenvalue weighted by atomic mass is 10.2. The zero-order chi connectivity index (χ0) is 21.2. The molecule has 0 aliphatic carbocycles. The first kappa shape index (κ1) is 22.2. The van der Waals surface area contributed by atoms with Crippen LogP contribution in [0.25, 0.3) is 11.8 Å². The van der Waals surface area contributed by atoms with Gasteiger partial charge in [-0.2, -0.15) is 5.10 Å². The molecule has 1 aromatic heterocycles. The van der Waals surface area contributed by atoms with Crippen LogP contribution in [0, 0.1) is 6.92 Å². The van der Waals surface area contributed by atoms with Crippen LogP contribution in [0.2, 0.25) is 5.15 Å². The Morgan fingerprint density at radius 2 is 1.97 bits per heavy atom. The van der Waals surface area contributed by atoms with Crippen LogP contribution in [0.1, 0.15) is 31.0 Å². The number of aryl methyl sites for hydroxylation is 1. The highest BCUT2D eigenvalue weighted by Gasteiger charge is 2.13. The highest BCUT2D eigenvalue weighted by atomic mass is 35.5. The molecule has 9 heteroatoms. The van der Waals surface area contributed by atoms with E-state index in [1.165, 1.54) is 6.08 Å². The van der Waals surface area contributed by atoms with E-state index >= 15 is 0 Å². The van der Waals surface area contributed by atoms with E-state index in [1.807, 2.05) is 37.3 Å². The van der Waals surface area contributed by atoms with Gasteiger partial charge in [0.25, 0.3) is 5.91 Å². The molecule has 0 saturated carbocycles. The normalized spacial score (nSPS) is 10.7. The van der Waals surface area contributed by atoms with Crippen LogP contribution >= 0.6 is 11.6 Å². The van der Waals surface area contributed by atoms with Crippen molar-refractivity contribution in [2.45, 2.75) is 26.7 Å². The average molecular weight is 419 g/mol. The summed E-state index contributed by atoms with van der Waals surface area (Å²) in [5, 5.41) is 9.33. The van der Waals surface area contributed by atoms with Crippen LogP contribution in [0.15, 0.2) is 36.4 Å². The van der Waals surface area contributed by atoms with E-state index in [2.05, 4.69) is 15.7 Å². The summed E-state index contributed by atoms with van der Waals surface area (Å²) in [6.45, 7) is 3.65. The number of carbonyl (C=O) groups is 3. The van der Waals surface area contributed by atoms with Crippen LogP contribution in [0.4, 0.5) is 4.79 Å². The molecule has 0 saturated heterocycles. The van der Waals surface area contributed by atoms with E-state index in [0.29, 0.717) is 23.0 Å². The number of unbranched alkanes of at least 4 members (excludes halogenated alkanes) is 1. The second kappa shape index (κ2) is 11.0. The third-order valence-corrected chi connectivity index (χ3v) is 4.21. The van der Waals surface area contributed by atoms with Crippen molar-refractivity contribution < 1.29 is 19.1 Å². The summed E-state index contributed by atoms with van der Waals surface area (Å²) in [7, 11) is 0. The number of halogens is 1. The first-order chi connectivity index (χ1) is 13.9. The summed E-state index contributed by atoms with van der Waals surface area (Å²) in [5.41, 5.74) is 1.98. The van der Waals surface area contributed by atoms with Crippen molar-refractivity contribution in [2.24, 2.45) is 0 Å². The molecular weight excluding hydrogens is 396 g/mol. The predicted molar refractivity (Wildman–Crippen MR) is 110 cm³/mol. The highest BCUT2D eigenvalue weighted by molar-refractivity contribution is 6.31. The van der Waals surface area contributed by atoms with Gasteiger partial charge in [-0.1, -0.05) is 43.1 Å². The van der Waals surface area contributed by atoms with Crippen LogP contribution in [0.5, 0.6) is 0 Å². The van der Waals surface area contributed by atoms with Crippen molar-refractivity contribution in [3.05, 3.63) is 52.8 Å². The van der Waals surface area contributed by atoms with Crippen molar-refractivity contribution in [1.82, 2.24) is 20.4 Å². The molecule has 1 heterocycles. The third-order valence-electron chi connectivity index (χ3n) is 3.85. The Balaban J connectivity index is 1.89. The number of rotatable bonds is 8. The van der Waals surface area contributed by atoms with Gasteiger partial charge in [-0.15, -0.1) is 0 Å². The SMILES string of the molecule is CCCCNC(=O)NC(=O)COC(=O)/C=C/c1c(C)nn(-c2ccccc2)c1Cl. The number of amides is 3. The Kier molecular flexibility index (Phi) is 8.42. The Labute approximate surface area is 173 Å². The standard InChI is InChI=1S/C20H23ClN4O4/c1-3-4-12-22-20(28)23-17(26)13-29-18(27)11-10-16-14(2)24-25(19(16)21)15-8-6-5-7-9-15/h5-11H,3-4,12-13H2,1-2H3,(H2,22,23,26,28)/b11-10+. The fourth-order valence-corrected chi connectivity index (χ4v) is 2.70. The maximum atomic E-state index is 11.9. The monoisotopic (exact) mass is 418 g/mol. The first-order valence-electron chi connectivity index (χ1n) is 9.15. The highest BCUT2D eigenvalue weighted by Crippen LogP contribution is 2.24. The third kappa shape index (κ3) is 6.76. The van der Waals surface area contributed by atoms with Crippen molar-refractivity contribution in [3.8, 4) is 5.69 Å². The number of esters is 1. The molecule has 0 unspecified atom stereocenters. The van der Waals surface area contributed by atoms with Crippen LogP contribution in [-0.2, 0) is 14.3 Å².